The first-order valence-corrected chi connectivity index (χ1v) is 10.7. The van der Waals surface area contributed by atoms with Gasteiger partial charge < -0.3 is 19.9 Å². The van der Waals surface area contributed by atoms with E-state index in [0.717, 1.165) is 4.47 Å². The molecule has 2 amide bonds. The number of ether oxygens (including phenoxy) is 1. The predicted octanol–water partition coefficient (Wildman–Crippen LogP) is 4.27. The first kappa shape index (κ1) is 22.3. The number of nitrogens with one attached hydrogen (secondary N) is 2. The molecule has 1 aliphatic heterocycles. The van der Waals surface area contributed by atoms with Gasteiger partial charge in [0.05, 0.1) is 13.2 Å². The molecule has 162 valence electrons. The van der Waals surface area contributed by atoms with Crippen molar-refractivity contribution in [2.75, 3.05) is 13.7 Å². The summed E-state index contributed by atoms with van der Waals surface area (Å²) in [5.41, 5.74) is 0.868. The van der Waals surface area contributed by atoms with Crippen molar-refractivity contribution in [3.05, 3.63) is 40.5 Å². The van der Waals surface area contributed by atoms with Gasteiger partial charge in [0.2, 0.25) is 11.9 Å². The lowest BCUT2D eigenvalue weighted by atomic mass is 10.0. The number of methoxy groups -OCH3 is 1. The standard InChI is InChI=1S/C21H26BrFN4O3/c1-11(2)16(25-21(29)30-4)20(28)27-10-12(3)9-15(27)19-24-17(18(23)26-19)13-5-7-14(22)8-6-13/h5-8,11-12,15-16H,9-10H2,1-4H3,(H,24,26)(H,25,29)/t12-,15-,16-/m0/s1. The van der Waals surface area contributed by atoms with Crippen LogP contribution >= 0.6 is 15.9 Å². The van der Waals surface area contributed by atoms with E-state index in [1.807, 2.05) is 32.9 Å². The van der Waals surface area contributed by atoms with Crippen LogP contribution in [0.15, 0.2) is 28.7 Å². The Morgan fingerprint density at radius 2 is 2.00 bits per heavy atom. The van der Waals surface area contributed by atoms with Gasteiger partial charge in [0.15, 0.2) is 0 Å². The van der Waals surface area contributed by atoms with Crippen LogP contribution in [-0.2, 0) is 9.53 Å². The number of carbonyl (C=O) groups is 2. The number of amides is 2. The van der Waals surface area contributed by atoms with E-state index < -0.39 is 24.1 Å². The number of nitrogens with zero attached hydrogens (tertiary/aromatic N) is 2. The smallest absolute Gasteiger partial charge is 0.407 e. The summed E-state index contributed by atoms with van der Waals surface area (Å²) in [6.07, 6.45) is -0.00553. The number of rotatable bonds is 5. The van der Waals surface area contributed by atoms with E-state index in [4.69, 9.17) is 0 Å². The zero-order chi connectivity index (χ0) is 22.0. The van der Waals surface area contributed by atoms with Crippen LogP contribution in [0.2, 0.25) is 0 Å². The third kappa shape index (κ3) is 4.66. The average molecular weight is 481 g/mol. The topological polar surface area (TPSA) is 87.3 Å². The van der Waals surface area contributed by atoms with Crippen molar-refractivity contribution in [1.29, 1.82) is 0 Å². The van der Waals surface area contributed by atoms with Gasteiger partial charge in [-0.1, -0.05) is 48.8 Å². The highest BCUT2D eigenvalue weighted by atomic mass is 79.9. The molecule has 0 saturated carbocycles. The predicted molar refractivity (Wildman–Crippen MR) is 114 cm³/mol. The summed E-state index contributed by atoms with van der Waals surface area (Å²) in [5.74, 6) is -0.281. The zero-order valence-electron chi connectivity index (χ0n) is 17.4. The monoisotopic (exact) mass is 480 g/mol. The summed E-state index contributed by atoms with van der Waals surface area (Å²) in [6, 6.07) is 6.07. The maximum absolute atomic E-state index is 14.7. The highest BCUT2D eigenvalue weighted by molar-refractivity contribution is 9.10. The zero-order valence-corrected chi connectivity index (χ0v) is 19.0. The van der Waals surface area contributed by atoms with Crippen LogP contribution < -0.4 is 5.32 Å². The van der Waals surface area contributed by atoms with Crippen molar-refractivity contribution < 1.29 is 18.7 Å². The summed E-state index contributed by atoms with van der Waals surface area (Å²) in [5, 5.41) is 2.62. The molecule has 2 aromatic rings. The molecule has 0 aliphatic carbocycles. The number of likely N-dealkylation sites (tertiary alicyclic amines) is 1. The Hall–Kier alpha value is -2.42. The summed E-state index contributed by atoms with van der Waals surface area (Å²) in [6.45, 7) is 6.25. The van der Waals surface area contributed by atoms with Gasteiger partial charge in [0.25, 0.3) is 0 Å². The fraction of sp³-hybridized carbons (Fsp3) is 0.476. The number of carbonyl (C=O) groups excluding carboxylic acids is 2. The molecule has 0 spiro atoms. The van der Waals surface area contributed by atoms with Crippen molar-refractivity contribution >= 4 is 27.9 Å². The number of hydrogen-bond acceptors (Lipinski definition) is 4. The van der Waals surface area contributed by atoms with Crippen molar-refractivity contribution in [2.45, 2.75) is 39.3 Å². The molecule has 1 aliphatic rings. The Morgan fingerprint density at radius 1 is 1.33 bits per heavy atom. The van der Waals surface area contributed by atoms with Gasteiger partial charge in [0.1, 0.15) is 17.6 Å². The molecule has 2 N–H and O–H groups in total. The van der Waals surface area contributed by atoms with Crippen LogP contribution in [0.4, 0.5) is 9.18 Å². The molecule has 1 fully saturated rings. The fourth-order valence-electron chi connectivity index (χ4n) is 3.75. The highest BCUT2D eigenvalue weighted by Gasteiger charge is 2.40. The molecule has 1 saturated heterocycles. The van der Waals surface area contributed by atoms with Gasteiger partial charge in [-0.25, -0.2) is 9.78 Å². The summed E-state index contributed by atoms with van der Waals surface area (Å²) >= 11 is 3.37. The molecule has 1 aromatic carbocycles. The maximum Gasteiger partial charge on any atom is 0.407 e. The van der Waals surface area contributed by atoms with Crippen LogP contribution in [0.1, 0.15) is 39.1 Å². The third-order valence-electron chi connectivity index (χ3n) is 5.30. The summed E-state index contributed by atoms with van der Waals surface area (Å²) < 4.78 is 20.2. The quantitative estimate of drug-likeness (QED) is 0.668. The Kier molecular flexibility index (Phi) is 6.80. The summed E-state index contributed by atoms with van der Waals surface area (Å²) in [7, 11) is 1.26. The Bertz CT molecular complexity index is 915. The highest BCUT2D eigenvalue weighted by Crippen LogP contribution is 2.36. The van der Waals surface area contributed by atoms with Crippen molar-refractivity contribution in [2.24, 2.45) is 11.8 Å². The van der Waals surface area contributed by atoms with E-state index in [2.05, 4.69) is 36.0 Å². The second kappa shape index (κ2) is 9.16. The molecule has 9 heteroatoms. The largest absolute Gasteiger partial charge is 0.453 e. The number of H-pyrrole nitrogens is 1. The Labute approximate surface area is 183 Å². The number of alkyl carbamates (subject to hydrolysis) is 1. The van der Waals surface area contributed by atoms with Gasteiger partial charge in [-0.05, 0) is 30.4 Å². The first-order valence-electron chi connectivity index (χ1n) is 9.87. The van der Waals surface area contributed by atoms with Crippen LogP contribution in [0.3, 0.4) is 0 Å². The molecule has 0 unspecified atom stereocenters. The van der Waals surface area contributed by atoms with Crippen molar-refractivity contribution in [3.8, 4) is 11.3 Å². The molecule has 1 aromatic heterocycles. The Balaban J connectivity index is 1.89. The van der Waals surface area contributed by atoms with Gasteiger partial charge in [-0.15, -0.1) is 0 Å². The minimum Gasteiger partial charge on any atom is -0.453 e. The van der Waals surface area contributed by atoms with E-state index >= 15 is 0 Å². The maximum atomic E-state index is 14.7. The van der Waals surface area contributed by atoms with E-state index in [9.17, 15) is 14.0 Å². The lowest BCUT2D eigenvalue weighted by Gasteiger charge is -2.30. The summed E-state index contributed by atoms with van der Waals surface area (Å²) in [4.78, 5) is 33.9. The van der Waals surface area contributed by atoms with Gasteiger partial charge in [-0.2, -0.15) is 4.39 Å². The van der Waals surface area contributed by atoms with Crippen LogP contribution in [0.5, 0.6) is 0 Å². The molecule has 30 heavy (non-hydrogen) atoms. The molecule has 7 nitrogen and oxygen atoms in total. The second-order valence-electron chi connectivity index (χ2n) is 8.00. The number of imidazole rings is 1. The molecule has 0 radical (unpaired) electrons. The number of benzene rings is 1. The molecule has 3 rings (SSSR count). The minimum absolute atomic E-state index is 0.139. The van der Waals surface area contributed by atoms with Crippen LogP contribution in [0, 0.1) is 17.8 Å². The van der Waals surface area contributed by atoms with Gasteiger partial charge in [0, 0.05) is 16.6 Å². The number of aromatic nitrogens is 2. The van der Waals surface area contributed by atoms with Crippen molar-refractivity contribution in [1.82, 2.24) is 20.2 Å². The fourth-order valence-corrected chi connectivity index (χ4v) is 4.02. The lowest BCUT2D eigenvalue weighted by molar-refractivity contribution is -0.135. The Morgan fingerprint density at radius 3 is 2.60 bits per heavy atom. The van der Waals surface area contributed by atoms with Crippen molar-refractivity contribution in [3.63, 3.8) is 0 Å². The third-order valence-corrected chi connectivity index (χ3v) is 5.82. The molecule has 0 bridgehead atoms. The molecular weight excluding hydrogens is 455 g/mol. The number of halogens is 2. The average Bonchev–Trinajstić information content (AvgIpc) is 3.28. The second-order valence-corrected chi connectivity index (χ2v) is 8.91. The number of hydrogen-bond donors (Lipinski definition) is 2. The minimum atomic E-state index is -0.740. The van der Waals surface area contributed by atoms with E-state index in [-0.39, 0.29) is 23.4 Å². The SMILES string of the molecule is COC(=O)N[C@H](C(=O)N1C[C@@H](C)C[C@H]1c1nc(-c2ccc(Br)cc2)c(F)[nH]1)C(C)C. The number of aromatic amines is 1. The molecular formula is C21H26BrFN4O3. The van der Waals surface area contributed by atoms with Crippen LogP contribution in [0.25, 0.3) is 11.3 Å². The van der Waals surface area contributed by atoms with E-state index in [1.54, 1.807) is 17.0 Å². The van der Waals surface area contributed by atoms with Crippen LogP contribution in [-0.4, -0.2) is 46.6 Å². The molecule has 3 atom stereocenters. The molecule has 2 heterocycles. The van der Waals surface area contributed by atoms with Gasteiger partial charge in [-0.3, -0.25) is 4.79 Å². The lowest BCUT2D eigenvalue weighted by Crippen LogP contribution is -2.51. The van der Waals surface area contributed by atoms with E-state index in [1.165, 1.54) is 7.11 Å². The van der Waals surface area contributed by atoms with Gasteiger partial charge >= 0.3 is 6.09 Å². The normalized spacial score (nSPS) is 19.8. The first-order chi connectivity index (χ1) is 14.2. The van der Waals surface area contributed by atoms with E-state index in [0.29, 0.717) is 24.4 Å².